The van der Waals surface area contributed by atoms with Crippen molar-refractivity contribution in [3.8, 4) is 0 Å². The maximum Gasteiger partial charge on any atom is 0.320 e. The molecule has 1 aliphatic rings. The molecule has 1 fully saturated rings. The minimum absolute atomic E-state index is 0.261. The Hall–Kier alpha value is -0.650. The molecule has 2 atom stereocenters. The van der Waals surface area contributed by atoms with Gasteiger partial charge in [-0.25, -0.2) is 0 Å². The zero-order valence-corrected chi connectivity index (χ0v) is 10.1. The second-order valence-electron chi connectivity index (χ2n) is 4.41. The predicted molar refractivity (Wildman–Crippen MR) is 61.4 cm³/mol. The summed E-state index contributed by atoms with van der Waals surface area (Å²) in [6.45, 7) is 7.61. The van der Waals surface area contributed by atoms with Crippen molar-refractivity contribution >= 4 is 5.97 Å². The van der Waals surface area contributed by atoms with Crippen LogP contribution in [0.2, 0.25) is 0 Å². The Balaban J connectivity index is 2.31. The Labute approximate surface area is 96.7 Å². The van der Waals surface area contributed by atoms with Crippen molar-refractivity contribution in [2.24, 2.45) is 0 Å². The van der Waals surface area contributed by atoms with E-state index in [-0.39, 0.29) is 6.10 Å². The number of hydrogen-bond donors (Lipinski definition) is 2. The SMILES string of the molecule is CCC(O)CN1CCN(C(C)C(=O)O)CC1. The van der Waals surface area contributed by atoms with Gasteiger partial charge in [0.15, 0.2) is 0 Å². The van der Waals surface area contributed by atoms with Crippen molar-refractivity contribution in [1.82, 2.24) is 9.80 Å². The summed E-state index contributed by atoms with van der Waals surface area (Å²) in [4.78, 5) is 15.0. The zero-order valence-electron chi connectivity index (χ0n) is 10.1. The molecule has 0 radical (unpaired) electrons. The highest BCUT2D eigenvalue weighted by Crippen LogP contribution is 2.07. The summed E-state index contributed by atoms with van der Waals surface area (Å²) in [5.74, 6) is -0.762. The highest BCUT2D eigenvalue weighted by atomic mass is 16.4. The fraction of sp³-hybridized carbons (Fsp3) is 0.909. The van der Waals surface area contributed by atoms with E-state index in [1.165, 1.54) is 0 Å². The van der Waals surface area contributed by atoms with E-state index in [1.807, 2.05) is 11.8 Å². The number of nitrogens with zero attached hydrogens (tertiary/aromatic N) is 2. The molecule has 1 saturated heterocycles. The van der Waals surface area contributed by atoms with Gasteiger partial charge < -0.3 is 10.2 Å². The number of carboxylic acids is 1. The molecule has 0 bridgehead atoms. The summed E-state index contributed by atoms with van der Waals surface area (Å²) in [6, 6.07) is -0.404. The number of carbonyl (C=O) groups is 1. The summed E-state index contributed by atoms with van der Waals surface area (Å²) in [7, 11) is 0. The summed E-state index contributed by atoms with van der Waals surface area (Å²) in [5.41, 5.74) is 0. The van der Waals surface area contributed by atoms with Crippen molar-refractivity contribution in [1.29, 1.82) is 0 Å². The molecule has 2 unspecified atom stereocenters. The molecule has 1 heterocycles. The van der Waals surface area contributed by atoms with E-state index in [0.29, 0.717) is 6.54 Å². The van der Waals surface area contributed by atoms with Gasteiger partial charge in [0, 0.05) is 32.7 Å². The normalized spacial score (nSPS) is 22.9. The van der Waals surface area contributed by atoms with Crippen LogP contribution in [0.4, 0.5) is 0 Å². The average Bonchev–Trinajstić information content (AvgIpc) is 2.28. The minimum Gasteiger partial charge on any atom is -0.480 e. The lowest BCUT2D eigenvalue weighted by Crippen LogP contribution is -2.52. The summed E-state index contributed by atoms with van der Waals surface area (Å²) in [6.07, 6.45) is 0.509. The lowest BCUT2D eigenvalue weighted by molar-refractivity contribution is -0.143. The standard InChI is InChI=1S/C11H22N2O3/c1-3-10(14)8-12-4-6-13(7-5-12)9(2)11(15)16/h9-10,14H,3-8H2,1-2H3,(H,15,16). The Morgan fingerprint density at radius 3 is 2.31 bits per heavy atom. The van der Waals surface area contributed by atoms with Crippen LogP contribution in [0.15, 0.2) is 0 Å². The molecule has 0 spiro atoms. The van der Waals surface area contributed by atoms with Gasteiger partial charge in [0.1, 0.15) is 6.04 Å². The molecule has 5 nitrogen and oxygen atoms in total. The van der Waals surface area contributed by atoms with Crippen molar-refractivity contribution in [3.63, 3.8) is 0 Å². The molecule has 0 aliphatic carbocycles. The quantitative estimate of drug-likeness (QED) is 0.687. The number of aliphatic carboxylic acids is 1. The first-order chi connectivity index (χ1) is 7.54. The average molecular weight is 230 g/mol. The summed E-state index contributed by atoms with van der Waals surface area (Å²) >= 11 is 0. The fourth-order valence-electron chi connectivity index (χ4n) is 1.92. The first-order valence-corrected chi connectivity index (χ1v) is 5.91. The van der Waals surface area contributed by atoms with E-state index >= 15 is 0 Å². The van der Waals surface area contributed by atoms with E-state index in [1.54, 1.807) is 6.92 Å². The van der Waals surface area contributed by atoms with Gasteiger partial charge in [-0.15, -0.1) is 0 Å². The molecule has 94 valence electrons. The van der Waals surface area contributed by atoms with Gasteiger partial charge in [-0.05, 0) is 13.3 Å². The van der Waals surface area contributed by atoms with Crippen LogP contribution < -0.4 is 0 Å². The van der Waals surface area contributed by atoms with Crippen LogP contribution in [0.5, 0.6) is 0 Å². The monoisotopic (exact) mass is 230 g/mol. The van der Waals surface area contributed by atoms with E-state index < -0.39 is 12.0 Å². The lowest BCUT2D eigenvalue weighted by atomic mass is 10.2. The van der Waals surface area contributed by atoms with Crippen LogP contribution in [0.25, 0.3) is 0 Å². The third-order valence-electron chi connectivity index (χ3n) is 3.25. The molecule has 5 heteroatoms. The molecule has 1 rings (SSSR count). The van der Waals surface area contributed by atoms with Gasteiger partial charge in [0.25, 0.3) is 0 Å². The van der Waals surface area contributed by atoms with Gasteiger partial charge in [0.2, 0.25) is 0 Å². The Bertz CT molecular complexity index is 227. The summed E-state index contributed by atoms with van der Waals surface area (Å²) in [5, 5.41) is 18.4. The number of rotatable bonds is 5. The molecule has 0 aromatic heterocycles. The van der Waals surface area contributed by atoms with Gasteiger partial charge in [0.05, 0.1) is 6.10 Å². The van der Waals surface area contributed by atoms with E-state index in [4.69, 9.17) is 5.11 Å². The molecule has 2 N–H and O–H groups in total. The third kappa shape index (κ3) is 3.73. The summed E-state index contributed by atoms with van der Waals surface area (Å²) < 4.78 is 0. The third-order valence-corrected chi connectivity index (χ3v) is 3.25. The molecule has 0 saturated carbocycles. The van der Waals surface area contributed by atoms with Crippen LogP contribution in [0.3, 0.4) is 0 Å². The fourth-order valence-corrected chi connectivity index (χ4v) is 1.92. The Morgan fingerprint density at radius 2 is 1.88 bits per heavy atom. The Kier molecular flexibility index (Phi) is 5.18. The molecule has 16 heavy (non-hydrogen) atoms. The van der Waals surface area contributed by atoms with Gasteiger partial charge in [-0.2, -0.15) is 0 Å². The van der Waals surface area contributed by atoms with E-state index in [2.05, 4.69) is 4.90 Å². The number of hydrogen-bond acceptors (Lipinski definition) is 4. The second-order valence-corrected chi connectivity index (χ2v) is 4.41. The van der Waals surface area contributed by atoms with Crippen molar-refractivity contribution < 1.29 is 15.0 Å². The highest BCUT2D eigenvalue weighted by molar-refractivity contribution is 5.72. The first kappa shape index (κ1) is 13.4. The van der Waals surface area contributed by atoms with Crippen LogP contribution in [0, 0.1) is 0 Å². The van der Waals surface area contributed by atoms with Crippen LogP contribution in [-0.2, 0) is 4.79 Å². The van der Waals surface area contributed by atoms with E-state index in [0.717, 1.165) is 32.6 Å². The predicted octanol–water partition coefficient (Wildman–Crippen LogP) is -0.152. The van der Waals surface area contributed by atoms with Crippen molar-refractivity contribution in [2.45, 2.75) is 32.4 Å². The van der Waals surface area contributed by atoms with Gasteiger partial charge >= 0.3 is 5.97 Å². The van der Waals surface area contributed by atoms with Crippen molar-refractivity contribution in [3.05, 3.63) is 0 Å². The number of aliphatic hydroxyl groups is 1. The number of carboxylic acid groups (broad SMARTS) is 1. The van der Waals surface area contributed by atoms with Gasteiger partial charge in [-0.3, -0.25) is 14.6 Å². The highest BCUT2D eigenvalue weighted by Gasteiger charge is 2.25. The first-order valence-electron chi connectivity index (χ1n) is 5.91. The molecular weight excluding hydrogens is 208 g/mol. The largest absolute Gasteiger partial charge is 0.480 e. The number of piperazine rings is 1. The molecule has 0 aromatic rings. The zero-order chi connectivity index (χ0) is 12.1. The van der Waals surface area contributed by atoms with Crippen LogP contribution in [0.1, 0.15) is 20.3 Å². The van der Waals surface area contributed by atoms with E-state index in [9.17, 15) is 9.90 Å². The molecule has 1 aliphatic heterocycles. The molecular formula is C11H22N2O3. The smallest absolute Gasteiger partial charge is 0.320 e. The van der Waals surface area contributed by atoms with Gasteiger partial charge in [-0.1, -0.05) is 6.92 Å². The van der Waals surface area contributed by atoms with Crippen molar-refractivity contribution in [2.75, 3.05) is 32.7 Å². The topological polar surface area (TPSA) is 64.0 Å². The molecule has 0 aromatic carbocycles. The van der Waals surface area contributed by atoms with Crippen LogP contribution in [-0.4, -0.2) is 70.9 Å². The second kappa shape index (κ2) is 6.18. The number of β-amino-alcohol motifs (C(OH)–C–C–N with tert-alkyl or cyclic N) is 1. The maximum absolute atomic E-state index is 10.8. The maximum atomic E-state index is 10.8. The minimum atomic E-state index is -0.762. The lowest BCUT2D eigenvalue weighted by Gasteiger charge is -2.37. The Morgan fingerprint density at radius 1 is 1.31 bits per heavy atom. The molecule has 0 amide bonds. The van der Waals surface area contributed by atoms with Crippen LogP contribution >= 0.6 is 0 Å². The number of aliphatic hydroxyl groups excluding tert-OH is 1.